The molecule has 1 amide bonds. The zero-order valence-electron chi connectivity index (χ0n) is 18.8. The van der Waals surface area contributed by atoms with Crippen LogP contribution in [0.1, 0.15) is 11.1 Å². The summed E-state index contributed by atoms with van der Waals surface area (Å²) in [4.78, 5) is 28.2. The predicted octanol–water partition coefficient (Wildman–Crippen LogP) is 1.61. The van der Waals surface area contributed by atoms with E-state index in [4.69, 9.17) is 9.47 Å². The van der Waals surface area contributed by atoms with E-state index in [2.05, 4.69) is 5.32 Å². The monoisotopic (exact) mass is 469 g/mol. The molecule has 1 aliphatic rings. The standard InChI is InChI=1S/C24H24FN3O4S/c1-27(2)9-10-28-23(30)20(11-14-5-7-16(31-3)13-19(14)32-4)33-24(28)21-17-8-6-15(25)12-18(17)26-22(21)29/h5-8,11-13H,9-10H2,1-4H3,(H,26,29)/b20-11-,24-21+. The molecule has 7 nitrogen and oxygen atoms in total. The van der Waals surface area contributed by atoms with Gasteiger partial charge in [0.1, 0.15) is 22.0 Å². The Hall–Kier alpha value is -3.43. The number of methoxy groups -OCH3 is 2. The number of halogens is 1. The number of hydrogen-bond donors (Lipinski definition) is 1. The first-order chi connectivity index (χ1) is 15.8. The summed E-state index contributed by atoms with van der Waals surface area (Å²) in [6.07, 6.45) is 1.75. The van der Waals surface area contributed by atoms with E-state index in [1.54, 1.807) is 43.1 Å². The van der Waals surface area contributed by atoms with Crippen molar-refractivity contribution in [1.82, 2.24) is 9.47 Å². The first-order valence-corrected chi connectivity index (χ1v) is 11.1. The van der Waals surface area contributed by atoms with Crippen LogP contribution in [0.25, 0.3) is 11.6 Å². The molecule has 4 rings (SSSR count). The number of hydrogen-bond acceptors (Lipinski definition) is 6. The van der Waals surface area contributed by atoms with Crippen molar-refractivity contribution in [2.24, 2.45) is 0 Å². The Morgan fingerprint density at radius 2 is 1.91 bits per heavy atom. The molecule has 33 heavy (non-hydrogen) atoms. The van der Waals surface area contributed by atoms with E-state index >= 15 is 0 Å². The van der Waals surface area contributed by atoms with Crippen molar-refractivity contribution >= 4 is 34.6 Å². The number of carbonyl (C=O) groups excluding carboxylic acids is 1. The van der Waals surface area contributed by atoms with Crippen LogP contribution in [-0.2, 0) is 11.3 Å². The van der Waals surface area contributed by atoms with Crippen molar-refractivity contribution in [3.63, 3.8) is 0 Å². The van der Waals surface area contributed by atoms with Gasteiger partial charge in [-0.1, -0.05) is 0 Å². The minimum Gasteiger partial charge on any atom is -0.497 e. The van der Waals surface area contributed by atoms with E-state index in [1.165, 1.54) is 23.5 Å². The molecule has 0 fully saturated rings. The Kier molecular flexibility index (Phi) is 6.35. The van der Waals surface area contributed by atoms with E-state index in [0.29, 0.717) is 56.2 Å². The summed E-state index contributed by atoms with van der Waals surface area (Å²) in [6.45, 7) is 1.01. The Morgan fingerprint density at radius 1 is 1.12 bits per heavy atom. The third-order valence-corrected chi connectivity index (χ3v) is 6.48. The molecule has 9 heteroatoms. The van der Waals surface area contributed by atoms with Crippen LogP contribution in [0.5, 0.6) is 11.5 Å². The molecule has 2 aromatic carbocycles. The molecule has 0 bridgehead atoms. The average molecular weight is 470 g/mol. The molecule has 2 heterocycles. The van der Waals surface area contributed by atoms with Gasteiger partial charge in [0.2, 0.25) is 0 Å². The lowest BCUT2D eigenvalue weighted by Gasteiger charge is -2.10. The molecule has 0 radical (unpaired) electrons. The number of benzene rings is 2. The minimum absolute atomic E-state index is 0.203. The summed E-state index contributed by atoms with van der Waals surface area (Å²) < 4.78 is 27.0. The number of thiazole rings is 1. The van der Waals surface area contributed by atoms with E-state index < -0.39 is 5.82 Å². The molecule has 3 aromatic rings. The zero-order chi connectivity index (χ0) is 23.7. The van der Waals surface area contributed by atoms with Gasteiger partial charge in [-0.3, -0.25) is 14.2 Å². The second-order valence-corrected chi connectivity index (χ2v) is 8.83. The number of nitrogens with zero attached hydrogens (tertiary/aromatic N) is 2. The number of aromatic nitrogens is 1. The van der Waals surface area contributed by atoms with E-state index in [0.717, 1.165) is 0 Å². The largest absolute Gasteiger partial charge is 0.497 e. The molecule has 1 aliphatic heterocycles. The van der Waals surface area contributed by atoms with Crippen LogP contribution in [-0.4, -0.2) is 50.2 Å². The van der Waals surface area contributed by atoms with E-state index in [9.17, 15) is 14.0 Å². The second-order valence-electron chi connectivity index (χ2n) is 7.80. The SMILES string of the molecule is COc1ccc(/C=c2\s/c(=C3/C(=O)Nc4cc(F)ccc43)n(CCN(C)C)c2=O)c(OC)c1. The molecular weight excluding hydrogens is 445 g/mol. The first kappa shape index (κ1) is 22.8. The van der Waals surface area contributed by atoms with Crippen molar-refractivity contribution in [2.45, 2.75) is 6.54 Å². The highest BCUT2D eigenvalue weighted by Gasteiger charge is 2.27. The predicted molar refractivity (Wildman–Crippen MR) is 127 cm³/mol. The van der Waals surface area contributed by atoms with Crippen molar-refractivity contribution < 1.29 is 18.7 Å². The molecule has 0 spiro atoms. The Morgan fingerprint density at radius 3 is 2.61 bits per heavy atom. The lowest BCUT2D eigenvalue weighted by Crippen LogP contribution is -2.36. The molecule has 0 atom stereocenters. The van der Waals surface area contributed by atoms with Crippen LogP contribution in [0, 0.1) is 5.82 Å². The summed E-state index contributed by atoms with van der Waals surface area (Å²) in [5, 5.41) is 2.71. The topological polar surface area (TPSA) is 72.8 Å². The van der Waals surface area contributed by atoms with Crippen molar-refractivity contribution in [2.75, 3.05) is 40.2 Å². The maximum atomic E-state index is 13.7. The molecular formula is C24H24FN3O4S. The number of carbonyl (C=O) groups is 1. The van der Waals surface area contributed by atoms with Gasteiger partial charge in [-0.25, -0.2) is 4.39 Å². The minimum atomic E-state index is -0.438. The van der Waals surface area contributed by atoms with Crippen molar-refractivity contribution in [3.8, 4) is 11.5 Å². The van der Waals surface area contributed by atoms with E-state index in [1.807, 2.05) is 25.1 Å². The number of ether oxygens (including phenoxy) is 2. The molecule has 0 saturated heterocycles. The van der Waals surface area contributed by atoms with Crippen molar-refractivity contribution in [3.05, 3.63) is 72.9 Å². The molecule has 0 saturated carbocycles. The maximum Gasteiger partial charge on any atom is 0.269 e. The van der Waals surface area contributed by atoms with Crippen molar-refractivity contribution in [1.29, 1.82) is 0 Å². The van der Waals surface area contributed by atoms with Crippen LogP contribution >= 0.6 is 11.3 Å². The summed E-state index contributed by atoms with van der Waals surface area (Å²) in [5.41, 5.74) is 1.86. The average Bonchev–Trinajstić information content (AvgIpc) is 3.27. The van der Waals surface area contributed by atoms with Gasteiger partial charge in [-0.05, 0) is 50.5 Å². The summed E-state index contributed by atoms with van der Waals surface area (Å²) in [6, 6.07) is 9.50. The molecule has 172 valence electrons. The lowest BCUT2D eigenvalue weighted by molar-refractivity contribution is -0.110. The second kappa shape index (κ2) is 9.21. The highest BCUT2D eigenvalue weighted by Crippen LogP contribution is 2.30. The molecule has 0 aliphatic carbocycles. The van der Waals surface area contributed by atoms with Gasteiger partial charge in [-0.15, -0.1) is 11.3 Å². The smallest absolute Gasteiger partial charge is 0.269 e. The Labute approximate surface area is 194 Å². The highest BCUT2D eigenvalue weighted by atomic mass is 32.1. The molecule has 0 unspecified atom stereocenters. The number of likely N-dealkylation sites (N-methyl/N-ethyl adjacent to an activating group) is 1. The number of rotatable bonds is 6. The van der Waals surface area contributed by atoms with Gasteiger partial charge >= 0.3 is 0 Å². The lowest BCUT2D eigenvalue weighted by atomic mass is 10.1. The number of anilines is 1. The van der Waals surface area contributed by atoms with Gasteiger partial charge in [0.05, 0.1) is 30.0 Å². The highest BCUT2D eigenvalue weighted by molar-refractivity contribution is 7.07. The Bertz CT molecular complexity index is 1410. The van der Waals surface area contributed by atoms with Gasteiger partial charge in [-0.2, -0.15) is 0 Å². The number of fused-ring (bicyclic) bond motifs is 1. The number of amides is 1. The van der Waals surface area contributed by atoms with Gasteiger partial charge in [0, 0.05) is 30.3 Å². The number of nitrogens with one attached hydrogen (secondary N) is 1. The third-order valence-electron chi connectivity index (χ3n) is 5.35. The van der Waals surface area contributed by atoms with Crippen LogP contribution in [0.3, 0.4) is 0 Å². The maximum absolute atomic E-state index is 13.7. The molecule has 1 aromatic heterocycles. The van der Waals surface area contributed by atoms with Gasteiger partial charge in [0.25, 0.3) is 11.5 Å². The third kappa shape index (κ3) is 4.42. The van der Waals surface area contributed by atoms with E-state index in [-0.39, 0.29) is 11.5 Å². The fraction of sp³-hybridized carbons (Fsp3) is 0.250. The summed E-state index contributed by atoms with van der Waals surface area (Å²) in [5.74, 6) is 0.410. The van der Waals surface area contributed by atoms with Crippen LogP contribution < -0.4 is 29.5 Å². The fourth-order valence-electron chi connectivity index (χ4n) is 3.64. The van der Waals surface area contributed by atoms with Gasteiger partial charge in [0.15, 0.2) is 0 Å². The Balaban J connectivity index is 1.98. The normalized spacial score (nSPS) is 15.1. The summed E-state index contributed by atoms with van der Waals surface area (Å²) >= 11 is 1.23. The van der Waals surface area contributed by atoms with Crippen LogP contribution in [0.2, 0.25) is 0 Å². The van der Waals surface area contributed by atoms with Crippen LogP contribution in [0.15, 0.2) is 41.2 Å². The zero-order valence-corrected chi connectivity index (χ0v) is 19.6. The van der Waals surface area contributed by atoms with Crippen LogP contribution in [0.4, 0.5) is 10.1 Å². The van der Waals surface area contributed by atoms with Gasteiger partial charge < -0.3 is 19.7 Å². The summed E-state index contributed by atoms with van der Waals surface area (Å²) in [7, 11) is 6.95. The quantitative estimate of drug-likeness (QED) is 0.594. The first-order valence-electron chi connectivity index (χ1n) is 10.3. The fourth-order valence-corrected chi connectivity index (χ4v) is 4.83. The molecule has 1 N–H and O–H groups in total.